The van der Waals surface area contributed by atoms with Crippen LogP contribution in [0.4, 0.5) is 17.2 Å². The first-order chi connectivity index (χ1) is 21.1. The Bertz CT molecular complexity index is 1720. The van der Waals surface area contributed by atoms with Crippen LogP contribution in [0.1, 0.15) is 65.0 Å². The number of nitrogens with one attached hydrogen (secondary N) is 2. The molecule has 1 saturated heterocycles. The summed E-state index contributed by atoms with van der Waals surface area (Å²) in [5.41, 5.74) is 4.79. The monoisotopic (exact) mass is 593 g/mol. The smallest absolute Gasteiger partial charge is 0.293 e. The fourth-order valence-corrected chi connectivity index (χ4v) is 5.34. The van der Waals surface area contributed by atoms with E-state index in [2.05, 4.69) is 15.6 Å². The molecule has 1 aliphatic rings. The minimum Gasteiger partial charge on any atom is -0.395 e. The fraction of sp³-hybridized carbons (Fsp3) is 0.314. The van der Waals surface area contributed by atoms with Crippen LogP contribution in [0.5, 0.6) is 0 Å². The van der Waals surface area contributed by atoms with Crippen molar-refractivity contribution < 1.29 is 14.7 Å². The van der Waals surface area contributed by atoms with E-state index in [0.717, 1.165) is 49.0 Å². The molecule has 0 aliphatic carbocycles. The van der Waals surface area contributed by atoms with E-state index in [1.54, 1.807) is 49.6 Å². The lowest BCUT2D eigenvalue weighted by Crippen LogP contribution is -2.35. The van der Waals surface area contributed by atoms with E-state index in [0.29, 0.717) is 28.2 Å². The van der Waals surface area contributed by atoms with Crippen LogP contribution in [0.25, 0.3) is 11.3 Å². The molecule has 44 heavy (non-hydrogen) atoms. The molecule has 9 nitrogen and oxygen atoms in total. The number of hydrogen-bond acceptors (Lipinski definition) is 6. The molecule has 3 N–H and O–H groups in total. The number of rotatable bonds is 8. The average molecular weight is 594 g/mol. The van der Waals surface area contributed by atoms with E-state index in [1.165, 1.54) is 4.57 Å². The average Bonchev–Trinajstić information content (AvgIpc) is 3.04. The van der Waals surface area contributed by atoms with Crippen molar-refractivity contribution in [2.75, 3.05) is 30.3 Å². The Balaban J connectivity index is 1.35. The molecule has 4 aromatic rings. The van der Waals surface area contributed by atoms with Crippen LogP contribution in [0, 0.1) is 6.92 Å². The topological polar surface area (TPSA) is 117 Å². The minimum atomic E-state index is -0.397. The highest BCUT2D eigenvalue weighted by molar-refractivity contribution is 6.05. The quantitative estimate of drug-likeness (QED) is 0.243. The number of anilines is 3. The van der Waals surface area contributed by atoms with Gasteiger partial charge in [-0.2, -0.15) is 0 Å². The molecular weight excluding hydrogens is 554 g/mol. The van der Waals surface area contributed by atoms with Crippen molar-refractivity contribution in [3.63, 3.8) is 0 Å². The number of aryl methyl sites for hydroxylation is 1. The third-order valence-electron chi connectivity index (χ3n) is 8.29. The lowest BCUT2D eigenvalue weighted by Gasteiger charge is -2.26. The molecule has 0 unspecified atom stereocenters. The Morgan fingerprint density at radius 3 is 2.25 bits per heavy atom. The van der Waals surface area contributed by atoms with Crippen LogP contribution in [-0.4, -0.2) is 51.1 Å². The second-order valence-corrected chi connectivity index (χ2v) is 12.0. The molecule has 9 heteroatoms. The predicted octanol–water partition coefficient (Wildman–Crippen LogP) is 5.65. The Morgan fingerprint density at radius 2 is 1.59 bits per heavy atom. The van der Waals surface area contributed by atoms with E-state index >= 15 is 0 Å². The highest BCUT2D eigenvalue weighted by Crippen LogP contribution is 2.29. The van der Waals surface area contributed by atoms with Gasteiger partial charge in [0.1, 0.15) is 0 Å². The molecule has 0 saturated carbocycles. The van der Waals surface area contributed by atoms with Crippen LogP contribution < -0.4 is 16.2 Å². The van der Waals surface area contributed by atoms with Crippen molar-refractivity contribution in [3.05, 3.63) is 106 Å². The summed E-state index contributed by atoms with van der Waals surface area (Å²) in [6, 6.07) is 19.9. The Kier molecular flexibility index (Phi) is 8.96. The maximum absolute atomic E-state index is 13.1. The van der Waals surface area contributed by atoms with E-state index < -0.39 is 5.41 Å². The summed E-state index contributed by atoms with van der Waals surface area (Å²) in [4.78, 5) is 45.5. The molecule has 2 amide bonds. The number of aliphatic hydroxyl groups is 1. The summed E-state index contributed by atoms with van der Waals surface area (Å²) < 4.78 is 1.47. The van der Waals surface area contributed by atoms with Crippen molar-refractivity contribution in [2.24, 2.45) is 7.05 Å². The number of hydrogen-bond donors (Lipinski definition) is 3. The first-order valence-corrected chi connectivity index (χ1v) is 14.9. The Hall–Kier alpha value is -4.76. The van der Waals surface area contributed by atoms with Gasteiger partial charge in [0.2, 0.25) is 0 Å². The number of carbonyl (C=O) groups excluding carboxylic acids is 2. The first-order valence-electron chi connectivity index (χ1n) is 14.9. The lowest BCUT2D eigenvalue weighted by atomic mass is 9.85. The van der Waals surface area contributed by atoms with Crippen LogP contribution >= 0.6 is 0 Å². The summed E-state index contributed by atoms with van der Waals surface area (Å²) in [6.45, 7) is 7.36. The van der Waals surface area contributed by atoms with Crippen LogP contribution in [0.3, 0.4) is 0 Å². The number of piperidine rings is 1. The number of nitrogens with zero attached hydrogens (tertiary/aromatic N) is 3. The third-order valence-corrected chi connectivity index (χ3v) is 8.29. The number of amides is 2. The third kappa shape index (κ3) is 6.58. The van der Waals surface area contributed by atoms with Gasteiger partial charge in [0.15, 0.2) is 5.82 Å². The van der Waals surface area contributed by atoms with E-state index in [1.807, 2.05) is 56.0 Å². The molecule has 5 rings (SSSR count). The normalized spacial score (nSPS) is 13.4. The van der Waals surface area contributed by atoms with Crippen LogP contribution in [-0.2, 0) is 12.5 Å². The molecule has 0 spiro atoms. The summed E-state index contributed by atoms with van der Waals surface area (Å²) >= 11 is 0. The standard InChI is InChI=1S/C35H39N5O4/c1-23-28(9-8-10-29(23)38-32(42)24-11-15-26(16-12-24)35(2,3)22-41)30-21-39(4)34(44)31(37-30)36-27-17-13-25(14-18-27)33(43)40-19-6-5-7-20-40/h8-18,21,41H,5-7,19-20,22H2,1-4H3,(H,36,37)(H,38,42). The number of aliphatic hydroxyl groups excluding tert-OH is 1. The molecule has 1 fully saturated rings. The van der Waals surface area contributed by atoms with Gasteiger partial charge in [0.25, 0.3) is 17.4 Å². The largest absolute Gasteiger partial charge is 0.395 e. The summed E-state index contributed by atoms with van der Waals surface area (Å²) in [5, 5.41) is 15.8. The van der Waals surface area contributed by atoms with Crippen LogP contribution in [0.2, 0.25) is 0 Å². The minimum absolute atomic E-state index is 0.00697. The van der Waals surface area contributed by atoms with Crippen molar-refractivity contribution in [1.82, 2.24) is 14.5 Å². The number of aromatic nitrogens is 2. The van der Waals surface area contributed by atoms with Gasteiger partial charge < -0.3 is 25.2 Å². The molecule has 0 radical (unpaired) electrons. The SMILES string of the molecule is Cc1c(NC(=O)c2ccc(C(C)(C)CO)cc2)cccc1-c1cn(C)c(=O)c(Nc2ccc(C(=O)N3CCCCC3)cc2)n1. The van der Waals surface area contributed by atoms with Gasteiger partial charge in [-0.3, -0.25) is 14.4 Å². The van der Waals surface area contributed by atoms with Crippen molar-refractivity contribution in [3.8, 4) is 11.3 Å². The number of benzene rings is 3. The predicted molar refractivity (Wildman–Crippen MR) is 174 cm³/mol. The van der Waals surface area contributed by atoms with E-state index in [4.69, 9.17) is 0 Å². The van der Waals surface area contributed by atoms with Gasteiger partial charge in [-0.1, -0.05) is 38.1 Å². The molecule has 1 aromatic heterocycles. The van der Waals surface area contributed by atoms with Gasteiger partial charge in [-0.05, 0) is 79.8 Å². The zero-order valence-electron chi connectivity index (χ0n) is 25.7. The Labute approximate surface area is 257 Å². The van der Waals surface area contributed by atoms with Gasteiger partial charge in [0, 0.05) is 59.8 Å². The summed E-state index contributed by atoms with van der Waals surface area (Å²) in [5.74, 6) is -0.0752. The molecule has 228 valence electrons. The molecule has 1 aliphatic heterocycles. The summed E-state index contributed by atoms with van der Waals surface area (Å²) in [7, 11) is 1.67. The second kappa shape index (κ2) is 12.9. The van der Waals surface area contributed by atoms with E-state index in [9.17, 15) is 19.5 Å². The van der Waals surface area contributed by atoms with Crippen molar-refractivity contribution in [2.45, 2.75) is 45.4 Å². The second-order valence-electron chi connectivity index (χ2n) is 12.0. The molecule has 2 heterocycles. The molecule has 0 bridgehead atoms. The highest BCUT2D eigenvalue weighted by atomic mass is 16.3. The summed E-state index contributed by atoms with van der Waals surface area (Å²) in [6.07, 6.45) is 4.89. The van der Waals surface area contributed by atoms with Gasteiger partial charge in [-0.25, -0.2) is 4.98 Å². The highest BCUT2D eigenvalue weighted by Gasteiger charge is 2.21. The Morgan fingerprint density at radius 1 is 0.932 bits per heavy atom. The van der Waals surface area contributed by atoms with Crippen LogP contribution in [0.15, 0.2) is 77.7 Å². The van der Waals surface area contributed by atoms with Gasteiger partial charge >= 0.3 is 0 Å². The molecular formula is C35H39N5O4. The first kappa shape index (κ1) is 30.7. The van der Waals surface area contributed by atoms with Gasteiger partial charge in [0.05, 0.1) is 12.3 Å². The molecule has 0 atom stereocenters. The number of carbonyl (C=O) groups is 2. The number of likely N-dealkylation sites (tertiary alicyclic amines) is 1. The zero-order valence-corrected chi connectivity index (χ0v) is 25.7. The van der Waals surface area contributed by atoms with Crippen molar-refractivity contribution in [1.29, 1.82) is 0 Å². The van der Waals surface area contributed by atoms with E-state index in [-0.39, 0.29) is 29.8 Å². The molecule has 3 aromatic carbocycles. The maximum atomic E-state index is 13.1. The van der Waals surface area contributed by atoms with Gasteiger partial charge in [-0.15, -0.1) is 0 Å². The lowest BCUT2D eigenvalue weighted by molar-refractivity contribution is 0.0724. The zero-order chi connectivity index (χ0) is 31.4. The fourth-order valence-electron chi connectivity index (χ4n) is 5.34. The maximum Gasteiger partial charge on any atom is 0.293 e. The van der Waals surface area contributed by atoms with Crippen molar-refractivity contribution >= 4 is 29.0 Å².